The van der Waals surface area contributed by atoms with Crippen LogP contribution in [0.1, 0.15) is 10.4 Å². The van der Waals surface area contributed by atoms with Gasteiger partial charge in [-0.1, -0.05) is 17.7 Å². The highest BCUT2D eigenvalue weighted by molar-refractivity contribution is 6.31. The molecule has 4 nitrogen and oxygen atoms in total. The Hall–Kier alpha value is -2.04. The number of hydrogen-bond acceptors (Lipinski definition) is 3. The molecule has 2 aromatic carbocycles. The Kier molecular flexibility index (Phi) is 4.84. The number of nitrogens with one attached hydrogen (secondary N) is 1. The molecule has 23 heavy (non-hydrogen) atoms. The normalized spacial score (nSPS) is 15.5. The molecule has 2 aromatic rings. The van der Waals surface area contributed by atoms with Crippen molar-refractivity contribution in [3.63, 3.8) is 0 Å². The summed E-state index contributed by atoms with van der Waals surface area (Å²) in [5.41, 5.74) is 2.53. The number of carbonyl (C=O) groups is 1. The molecular weight excluding hydrogens is 310 g/mol. The molecule has 1 saturated heterocycles. The fourth-order valence-corrected chi connectivity index (χ4v) is 2.84. The minimum atomic E-state index is -0.153. The summed E-state index contributed by atoms with van der Waals surface area (Å²) in [5, 5.41) is 3.46. The van der Waals surface area contributed by atoms with Gasteiger partial charge in [-0.25, -0.2) is 0 Å². The van der Waals surface area contributed by atoms with Crippen LogP contribution in [-0.2, 0) is 0 Å². The summed E-state index contributed by atoms with van der Waals surface area (Å²) in [5.74, 6) is -0.153. The van der Waals surface area contributed by atoms with Crippen LogP contribution in [0.15, 0.2) is 48.5 Å². The lowest BCUT2D eigenvalue weighted by Crippen LogP contribution is -2.44. The third-order valence-electron chi connectivity index (χ3n) is 4.08. The van der Waals surface area contributed by atoms with E-state index in [-0.39, 0.29) is 5.91 Å². The summed E-state index contributed by atoms with van der Waals surface area (Å²) < 4.78 is 0. The summed E-state index contributed by atoms with van der Waals surface area (Å²) in [6.45, 7) is 4.22. The number of rotatable bonds is 3. The molecule has 1 aliphatic rings. The number of likely N-dealkylation sites (N-methyl/N-ethyl adjacent to an activating group) is 1. The van der Waals surface area contributed by atoms with Crippen LogP contribution in [0.2, 0.25) is 5.02 Å². The first-order chi connectivity index (χ1) is 11.1. The van der Waals surface area contributed by atoms with Crippen LogP contribution in [0.4, 0.5) is 11.4 Å². The lowest BCUT2D eigenvalue weighted by molar-refractivity contribution is 0.102. The van der Waals surface area contributed by atoms with Crippen molar-refractivity contribution in [1.82, 2.24) is 4.90 Å². The van der Waals surface area contributed by atoms with Crippen LogP contribution in [0.5, 0.6) is 0 Å². The van der Waals surface area contributed by atoms with Crippen LogP contribution >= 0.6 is 11.6 Å². The third kappa shape index (κ3) is 4.03. The number of amides is 1. The largest absolute Gasteiger partial charge is 0.369 e. The van der Waals surface area contributed by atoms with Gasteiger partial charge < -0.3 is 15.1 Å². The van der Waals surface area contributed by atoms with Crippen molar-refractivity contribution in [3.05, 3.63) is 59.1 Å². The quantitative estimate of drug-likeness (QED) is 0.938. The molecule has 0 aliphatic carbocycles. The predicted octanol–water partition coefficient (Wildman–Crippen LogP) is 3.34. The minimum Gasteiger partial charge on any atom is -0.369 e. The molecule has 1 N–H and O–H groups in total. The van der Waals surface area contributed by atoms with Gasteiger partial charge in [0.1, 0.15) is 0 Å². The maximum atomic E-state index is 12.2. The summed E-state index contributed by atoms with van der Waals surface area (Å²) in [6.07, 6.45) is 0. The van der Waals surface area contributed by atoms with Crippen molar-refractivity contribution in [3.8, 4) is 0 Å². The summed E-state index contributed by atoms with van der Waals surface area (Å²) in [7, 11) is 2.14. The van der Waals surface area contributed by atoms with E-state index in [0.29, 0.717) is 10.6 Å². The SMILES string of the molecule is CN1CCN(c2ccc(NC(=O)c3cccc(Cl)c3)cc2)CC1. The van der Waals surface area contributed by atoms with Crippen molar-refractivity contribution >= 4 is 28.9 Å². The predicted molar refractivity (Wildman–Crippen MR) is 95.6 cm³/mol. The van der Waals surface area contributed by atoms with Crippen molar-refractivity contribution < 1.29 is 4.79 Å². The van der Waals surface area contributed by atoms with Crippen LogP contribution in [0.25, 0.3) is 0 Å². The van der Waals surface area contributed by atoms with E-state index in [4.69, 9.17) is 11.6 Å². The maximum absolute atomic E-state index is 12.2. The van der Waals surface area contributed by atoms with Gasteiger partial charge in [0, 0.05) is 48.1 Å². The van der Waals surface area contributed by atoms with Gasteiger partial charge >= 0.3 is 0 Å². The summed E-state index contributed by atoms with van der Waals surface area (Å²) >= 11 is 5.92. The number of nitrogens with zero attached hydrogens (tertiary/aromatic N) is 2. The second kappa shape index (κ2) is 7.02. The molecule has 1 heterocycles. The Morgan fingerprint density at radius 2 is 1.74 bits per heavy atom. The van der Waals surface area contributed by atoms with E-state index in [2.05, 4.69) is 34.3 Å². The van der Waals surface area contributed by atoms with E-state index < -0.39 is 0 Å². The molecule has 5 heteroatoms. The van der Waals surface area contributed by atoms with Gasteiger partial charge in [-0.2, -0.15) is 0 Å². The monoisotopic (exact) mass is 329 g/mol. The molecule has 0 aromatic heterocycles. The first-order valence-corrected chi connectivity index (χ1v) is 8.10. The van der Waals surface area contributed by atoms with Crippen molar-refractivity contribution in [2.24, 2.45) is 0 Å². The van der Waals surface area contributed by atoms with Crippen LogP contribution in [0.3, 0.4) is 0 Å². The lowest BCUT2D eigenvalue weighted by atomic mass is 10.2. The van der Waals surface area contributed by atoms with E-state index in [1.807, 2.05) is 12.1 Å². The zero-order chi connectivity index (χ0) is 16.2. The van der Waals surface area contributed by atoms with E-state index >= 15 is 0 Å². The second-order valence-corrected chi connectivity index (χ2v) is 6.24. The van der Waals surface area contributed by atoms with E-state index in [0.717, 1.165) is 31.9 Å². The Morgan fingerprint density at radius 3 is 2.39 bits per heavy atom. The molecule has 120 valence electrons. The summed E-state index contributed by atoms with van der Waals surface area (Å²) in [4.78, 5) is 16.9. The van der Waals surface area contributed by atoms with Gasteiger partial charge in [-0.15, -0.1) is 0 Å². The molecule has 0 unspecified atom stereocenters. The topological polar surface area (TPSA) is 35.6 Å². The molecule has 1 fully saturated rings. The Labute approximate surface area is 141 Å². The molecule has 3 rings (SSSR count). The third-order valence-corrected chi connectivity index (χ3v) is 4.32. The first-order valence-electron chi connectivity index (χ1n) is 7.72. The van der Waals surface area contributed by atoms with E-state index in [1.165, 1.54) is 5.69 Å². The molecule has 0 spiro atoms. The average molecular weight is 330 g/mol. The van der Waals surface area contributed by atoms with Crippen LogP contribution in [0, 0.1) is 0 Å². The Balaban J connectivity index is 1.64. The first kappa shape index (κ1) is 15.8. The van der Waals surface area contributed by atoms with Crippen LogP contribution < -0.4 is 10.2 Å². The van der Waals surface area contributed by atoms with Crippen LogP contribution in [-0.4, -0.2) is 44.0 Å². The number of hydrogen-bond donors (Lipinski definition) is 1. The minimum absolute atomic E-state index is 0.153. The Bertz CT molecular complexity index is 679. The highest BCUT2D eigenvalue weighted by Gasteiger charge is 2.14. The lowest BCUT2D eigenvalue weighted by Gasteiger charge is -2.34. The number of benzene rings is 2. The van der Waals surface area contributed by atoms with Gasteiger partial charge in [0.05, 0.1) is 0 Å². The highest BCUT2D eigenvalue weighted by Crippen LogP contribution is 2.20. The number of carbonyl (C=O) groups excluding carboxylic acids is 1. The van der Waals surface area contributed by atoms with Crippen molar-refractivity contribution in [2.45, 2.75) is 0 Å². The van der Waals surface area contributed by atoms with E-state index in [1.54, 1.807) is 24.3 Å². The van der Waals surface area contributed by atoms with Crippen molar-refractivity contribution in [2.75, 3.05) is 43.4 Å². The molecule has 1 aliphatic heterocycles. The number of anilines is 2. The molecule has 0 atom stereocenters. The molecule has 0 bridgehead atoms. The Morgan fingerprint density at radius 1 is 1.04 bits per heavy atom. The molecule has 1 amide bonds. The fraction of sp³-hybridized carbons (Fsp3) is 0.278. The smallest absolute Gasteiger partial charge is 0.255 e. The van der Waals surface area contributed by atoms with Gasteiger partial charge in [0.2, 0.25) is 0 Å². The average Bonchev–Trinajstić information content (AvgIpc) is 2.56. The molecule has 0 radical (unpaired) electrons. The maximum Gasteiger partial charge on any atom is 0.255 e. The number of piperazine rings is 1. The highest BCUT2D eigenvalue weighted by atomic mass is 35.5. The second-order valence-electron chi connectivity index (χ2n) is 5.80. The van der Waals surface area contributed by atoms with Gasteiger partial charge in [-0.3, -0.25) is 4.79 Å². The standard InChI is InChI=1S/C18H20ClN3O/c1-21-9-11-22(12-10-21)17-7-5-16(6-8-17)20-18(23)14-3-2-4-15(19)13-14/h2-8,13H,9-12H2,1H3,(H,20,23). The molecule has 0 saturated carbocycles. The van der Waals surface area contributed by atoms with E-state index in [9.17, 15) is 4.79 Å². The molecular formula is C18H20ClN3O. The zero-order valence-corrected chi connectivity index (χ0v) is 13.9. The van der Waals surface area contributed by atoms with Crippen molar-refractivity contribution in [1.29, 1.82) is 0 Å². The van der Waals surface area contributed by atoms with Gasteiger partial charge in [0.15, 0.2) is 0 Å². The zero-order valence-electron chi connectivity index (χ0n) is 13.1. The number of halogens is 1. The summed E-state index contributed by atoms with van der Waals surface area (Å²) in [6, 6.07) is 14.9. The fourth-order valence-electron chi connectivity index (χ4n) is 2.65. The van der Waals surface area contributed by atoms with Gasteiger partial charge in [-0.05, 0) is 49.5 Å². The van der Waals surface area contributed by atoms with Gasteiger partial charge in [0.25, 0.3) is 5.91 Å².